The van der Waals surface area contributed by atoms with Crippen molar-refractivity contribution in [2.24, 2.45) is 0 Å². The lowest BCUT2D eigenvalue weighted by atomic mass is 10.1. The topological polar surface area (TPSA) is 41.6 Å². The molecule has 0 atom stereocenters. The molecule has 3 nitrogen and oxygen atoms in total. The van der Waals surface area contributed by atoms with Gasteiger partial charge in [-0.05, 0) is 24.1 Å². The van der Waals surface area contributed by atoms with Gasteiger partial charge in [-0.1, -0.05) is 23.7 Å². The molecular formula is C14H10ClN3. The number of aryl methyl sites for hydroxylation is 1. The molecule has 0 fully saturated rings. The number of rotatable bonds is 2. The van der Waals surface area contributed by atoms with E-state index in [0.717, 1.165) is 16.8 Å². The Balaban J connectivity index is 2.62. The van der Waals surface area contributed by atoms with Gasteiger partial charge in [-0.15, -0.1) is 12.3 Å². The van der Waals surface area contributed by atoms with Crippen molar-refractivity contribution >= 4 is 11.6 Å². The quantitative estimate of drug-likeness (QED) is 0.775. The van der Waals surface area contributed by atoms with Gasteiger partial charge in [0.05, 0.1) is 5.69 Å². The van der Waals surface area contributed by atoms with Crippen LogP contribution in [0.2, 0.25) is 5.15 Å². The Kier molecular flexibility index (Phi) is 3.37. The standard InChI is InChI=1S/C14H10ClN3/c1-3-4-11-6-5-10(2)7-13(11)18-14(15)8-12(9-16)17-18/h1,5-8H,4H2,2H3. The predicted octanol–water partition coefficient (Wildman–Crippen LogP) is 2.88. The van der Waals surface area contributed by atoms with Gasteiger partial charge in [0, 0.05) is 12.5 Å². The van der Waals surface area contributed by atoms with Gasteiger partial charge >= 0.3 is 0 Å². The monoisotopic (exact) mass is 255 g/mol. The number of aromatic nitrogens is 2. The summed E-state index contributed by atoms with van der Waals surface area (Å²) in [4.78, 5) is 0. The van der Waals surface area contributed by atoms with Gasteiger partial charge in [-0.2, -0.15) is 10.4 Å². The molecule has 1 heterocycles. The molecule has 0 aliphatic carbocycles. The summed E-state index contributed by atoms with van der Waals surface area (Å²) >= 11 is 6.08. The molecule has 1 aromatic carbocycles. The van der Waals surface area contributed by atoms with Crippen LogP contribution in [-0.4, -0.2) is 9.78 Å². The molecule has 0 amide bonds. The second-order valence-electron chi connectivity index (χ2n) is 3.89. The zero-order chi connectivity index (χ0) is 13.1. The Bertz CT molecular complexity index is 671. The number of nitrogens with zero attached hydrogens (tertiary/aromatic N) is 3. The van der Waals surface area contributed by atoms with Crippen molar-refractivity contribution < 1.29 is 0 Å². The van der Waals surface area contributed by atoms with Crippen molar-refractivity contribution in [1.29, 1.82) is 5.26 Å². The Morgan fingerprint density at radius 3 is 2.83 bits per heavy atom. The lowest BCUT2D eigenvalue weighted by Crippen LogP contribution is -2.02. The molecule has 0 bridgehead atoms. The third-order valence-corrected chi connectivity index (χ3v) is 2.81. The fraction of sp³-hybridized carbons (Fsp3) is 0.143. The predicted molar refractivity (Wildman–Crippen MR) is 70.6 cm³/mol. The van der Waals surface area contributed by atoms with Gasteiger partial charge in [0.1, 0.15) is 11.2 Å². The van der Waals surface area contributed by atoms with Gasteiger partial charge in [-0.25, -0.2) is 4.68 Å². The third kappa shape index (κ3) is 2.22. The molecule has 0 N–H and O–H groups in total. The van der Waals surface area contributed by atoms with E-state index in [0.29, 0.717) is 11.6 Å². The number of hydrogen-bond acceptors (Lipinski definition) is 2. The number of terminal acetylenes is 1. The van der Waals surface area contributed by atoms with Crippen LogP contribution in [0.4, 0.5) is 0 Å². The van der Waals surface area contributed by atoms with Crippen LogP contribution in [0, 0.1) is 30.6 Å². The van der Waals surface area contributed by atoms with E-state index in [1.165, 1.54) is 6.07 Å². The minimum absolute atomic E-state index is 0.285. The highest BCUT2D eigenvalue weighted by atomic mass is 35.5. The number of hydrogen-bond donors (Lipinski definition) is 0. The summed E-state index contributed by atoms with van der Waals surface area (Å²) in [7, 11) is 0. The summed E-state index contributed by atoms with van der Waals surface area (Å²) in [6.07, 6.45) is 5.84. The molecule has 18 heavy (non-hydrogen) atoms. The Labute approximate surface area is 111 Å². The fourth-order valence-electron chi connectivity index (χ4n) is 1.71. The summed E-state index contributed by atoms with van der Waals surface area (Å²) < 4.78 is 1.54. The van der Waals surface area contributed by atoms with E-state index in [-0.39, 0.29) is 5.69 Å². The van der Waals surface area contributed by atoms with E-state index >= 15 is 0 Å². The third-order valence-electron chi connectivity index (χ3n) is 2.54. The van der Waals surface area contributed by atoms with Crippen molar-refractivity contribution in [3.8, 4) is 24.1 Å². The zero-order valence-electron chi connectivity index (χ0n) is 9.81. The van der Waals surface area contributed by atoms with Crippen LogP contribution in [0.5, 0.6) is 0 Å². The Morgan fingerprint density at radius 2 is 2.22 bits per heavy atom. The van der Waals surface area contributed by atoms with Crippen molar-refractivity contribution in [3.05, 3.63) is 46.2 Å². The van der Waals surface area contributed by atoms with Crippen LogP contribution in [0.25, 0.3) is 5.69 Å². The maximum atomic E-state index is 8.83. The van der Waals surface area contributed by atoms with Crippen molar-refractivity contribution in [2.75, 3.05) is 0 Å². The first kappa shape index (κ1) is 12.2. The SMILES string of the molecule is C#CCc1ccc(C)cc1-n1nc(C#N)cc1Cl. The largest absolute Gasteiger partial charge is 0.221 e. The van der Waals surface area contributed by atoms with Crippen LogP contribution >= 0.6 is 11.6 Å². The Morgan fingerprint density at radius 1 is 1.44 bits per heavy atom. The molecule has 0 aliphatic rings. The van der Waals surface area contributed by atoms with Crippen LogP contribution in [0.15, 0.2) is 24.3 Å². The first-order chi connectivity index (χ1) is 8.65. The van der Waals surface area contributed by atoms with Gasteiger partial charge in [0.15, 0.2) is 5.69 Å². The molecule has 0 aliphatic heterocycles. The lowest BCUT2D eigenvalue weighted by molar-refractivity contribution is 0.861. The number of halogens is 1. The first-order valence-corrected chi connectivity index (χ1v) is 5.72. The molecule has 88 valence electrons. The number of benzene rings is 1. The highest BCUT2D eigenvalue weighted by Crippen LogP contribution is 2.22. The summed E-state index contributed by atoms with van der Waals surface area (Å²) in [6, 6.07) is 9.39. The molecule has 1 aromatic heterocycles. The van der Waals surface area contributed by atoms with E-state index in [1.54, 1.807) is 4.68 Å². The second kappa shape index (κ2) is 4.96. The normalized spacial score (nSPS) is 9.78. The van der Waals surface area contributed by atoms with Crippen LogP contribution in [0.3, 0.4) is 0 Å². The van der Waals surface area contributed by atoms with E-state index in [4.69, 9.17) is 23.3 Å². The van der Waals surface area contributed by atoms with E-state index in [1.807, 2.05) is 31.2 Å². The van der Waals surface area contributed by atoms with Crippen LogP contribution < -0.4 is 0 Å². The molecule has 4 heteroatoms. The molecule has 0 radical (unpaired) electrons. The highest BCUT2D eigenvalue weighted by Gasteiger charge is 2.11. The molecule has 2 rings (SSSR count). The highest BCUT2D eigenvalue weighted by molar-refractivity contribution is 6.29. The second-order valence-corrected chi connectivity index (χ2v) is 4.28. The maximum Gasteiger partial charge on any atom is 0.164 e. The lowest BCUT2D eigenvalue weighted by Gasteiger charge is -2.09. The fourth-order valence-corrected chi connectivity index (χ4v) is 1.94. The van der Waals surface area contributed by atoms with Gasteiger partial charge in [-0.3, -0.25) is 0 Å². The molecule has 2 aromatic rings. The minimum Gasteiger partial charge on any atom is -0.221 e. The summed E-state index contributed by atoms with van der Waals surface area (Å²) in [5, 5.41) is 13.4. The van der Waals surface area contributed by atoms with Crippen LogP contribution in [-0.2, 0) is 6.42 Å². The summed E-state index contributed by atoms with van der Waals surface area (Å²) in [5.74, 6) is 2.60. The molecule has 0 saturated carbocycles. The van der Waals surface area contributed by atoms with Gasteiger partial charge < -0.3 is 0 Å². The van der Waals surface area contributed by atoms with Crippen molar-refractivity contribution in [1.82, 2.24) is 9.78 Å². The van der Waals surface area contributed by atoms with Crippen LogP contribution in [0.1, 0.15) is 16.8 Å². The minimum atomic E-state index is 0.285. The summed E-state index contributed by atoms with van der Waals surface area (Å²) in [5.41, 5.74) is 3.14. The Hall–Kier alpha value is -2.23. The van der Waals surface area contributed by atoms with E-state index in [9.17, 15) is 0 Å². The molecule has 0 spiro atoms. The number of nitriles is 1. The summed E-state index contributed by atoms with van der Waals surface area (Å²) in [6.45, 7) is 1.98. The molecular weight excluding hydrogens is 246 g/mol. The molecule has 0 unspecified atom stereocenters. The van der Waals surface area contributed by atoms with E-state index < -0.39 is 0 Å². The van der Waals surface area contributed by atoms with Crippen molar-refractivity contribution in [3.63, 3.8) is 0 Å². The first-order valence-electron chi connectivity index (χ1n) is 5.34. The zero-order valence-corrected chi connectivity index (χ0v) is 10.6. The molecule has 0 saturated heterocycles. The van der Waals surface area contributed by atoms with Gasteiger partial charge in [0.25, 0.3) is 0 Å². The average molecular weight is 256 g/mol. The average Bonchev–Trinajstić information content (AvgIpc) is 2.73. The van der Waals surface area contributed by atoms with Crippen molar-refractivity contribution in [2.45, 2.75) is 13.3 Å². The van der Waals surface area contributed by atoms with Gasteiger partial charge in [0.2, 0.25) is 0 Å². The van der Waals surface area contributed by atoms with E-state index in [2.05, 4.69) is 11.0 Å². The smallest absolute Gasteiger partial charge is 0.164 e. The maximum absolute atomic E-state index is 8.83.